The molecule has 1 fully saturated rings. The van der Waals surface area contributed by atoms with Crippen LogP contribution in [0.5, 0.6) is 0 Å². The fraction of sp³-hybridized carbons (Fsp3) is 0.333. The number of hydrogen-bond donors (Lipinski definition) is 2. The smallest absolute Gasteiger partial charge is 0.207 e. The number of aromatic amines is 1. The second-order valence-corrected chi connectivity index (χ2v) is 7.45. The lowest BCUT2D eigenvalue weighted by Gasteiger charge is -2.28. The number of benzene rings is 1. The molecule has 2 N–H and O–H groups in total. The maximum absolute atomic E-state index is 10.2. The number of aryl methyl sites for hydroxylation is 1. The van der Waals surface area contributed by atoms with Crippen LogP contribution >= 0.6 is 0 Å². The van der Waals surface area contributed by atoms with Crippen molar-refractivity contribution >= 4 is 6.41 Å². The Morgan fingerprint density at radius 3 is 2.46 bits per heavy atom. The summed E-state index contributed by atoms with van der Waals surface area (Å²) in [5.74, 6) is 1.42. The third-order valence-corrected chi connectivity index (χ3v) is 5.53. The molecular formula is C24H29N3O. The van der Waals surface area contributed by atoms with Gasteiger partial charge in [0.05, 0.1) is 0 Å². The SMILES string of the molecule is Cc1c[nH]cc1-c1cccnc1.O=CNCC1CCC(c2ccccc2)CC1. The van der Waals surface area contributed by atoms with Crippen molar-refractivity contribution < 1.29 is 4.79 Å². The molecule has 0 unspecified atom stereocenters. The first kappa shape index (κ1) is 19.9. The van der Waals surface area contributed by atoms with Crippen LogP contribution in [0.15, 0.2) is 67.3 Å². The molecule has 2 heterocycles. The van der Waals surface area contributed by atoms with E-state index in [0.717, 1.165) is 24.4 Å². The van der Waals surface area contributed by atoms with Gasteiger partial charge in [-0.25, -0.2) is 0 Å². The number of carbonyl (C=O) groups excluding carboxylic acids is 1. The van der Waals surface area contributed by atoms with E-state index in [4.69, 9.17) is 0 Å². The minimum atomic E-state index is 0.685. The average Bonchev–Trinajstić information content (AvgIpc) is 3.20. The molecule has 1 amide bonds. The van der Waals surface area contributed by atoms with E-state index >= 15 is 0 Å². The maximum Gasteiger partial charge on any atom is 0.207 e. The van der Waals surface area contributed by atoms with Gasteiger partial charge in [-0.05, 0) is 61.6 Å². The normalized spacial score (nSPS) is 18.6. The molecule has 1 saturated carbocycles. The van der Waals surface area contributed by atoms with Crippen molar-refractivity contribution in [2.24, 2.45) is 5.92 Å². The topological polar surface area (TPSA) is 57.8 Å². The fourth-order valence-electron chi connectivity index (χ4n) is 3.91. The van der Waals surface area contributed by atoms with E-state index in [-0.39, 0.29) is 0 Å². The molecule has 146 valence electrons. The van der Waals surface area contributed by atoms with Crippen molar-refractivity contribution in [3.8, 4) is 11.1 Å². The summed E-state index contributed by atoms with van der Waals surface area (Å²) in [6.45, 7) is 2.93. The predicted molar refractivity (Wildman–Crippen MR) is 114 cm³/mol. The lowest BCUT2D eigenvalue weighted by molar-refractivity contribution is -0.109. The minimum absolute atomic E-state index is 0.685. The number of nitrogens with zero attached hydrogens (tertiary/aromatic N) is 1. The summed E-state index contributed by atoms with van der Waals surface area (Å²) in [5.41, 5.74) is 5.12. The highest BCUT2D eigenvalue weighted by Gasteiger charge is 2.21. The van der Waals surface area contributed by atoms with E-state index in [0.29, 0.717) is 5.92 Å². The monoisotopic (exact) mass is 375 g/mol. The van der Waals surface area contributed by atoms with E-state index in [1.54, 1.807) is 6.20 Å². The molecule has 3 aromatic rings. The van der Waals surface area contributed by atoms with Gasteiger partial charge < -0.3 is 10.3 Å². The average molecular weight is 376 g/mol. The van der Waals surface area contributed by atoms with Crippen LogP contribution < -0.4 is 5.32 Å². The highest BCUT2D eigenvalue weighted by Crippen LogP contribution is 2.35. The number of nitrogens with one attached hydrogen (secondary N) is 2. The highest BCUT2D eigenvalue weighted by atomic mass is 16.1. The van der Waals surface area contributed by atoms with Gasteiger partial charge in [-0.15, -0.1) is 0 Å². The van der Waals surface area contributed by atoms with E-state index in [1.807, 2.05) is 24.7 Å². The molecule has 0 saturated heterocycles. The van der Waals surface area contributed by atoms with Gasteiger partial charge in [-0.1, -0.05) is 36.4 Å². The van der Waals surface area contributed by atoms with Crippen LogP contribution in [0.25, 0.3) is 11.1 Å². The third-order valence-electron chi connectivity index (χ3n) is 5.53. The molecule has 4 heteroatoms. The van der Waals surface area contributed by atoms with Gasteiger partial charge in [-0.3, -0.25) is 9.78 Å². The van der Waals surface area contributed by atoms with Gasteiger partial charge in [0, 0.05) is 42.5 Å². The van der Waals surface area contributed by atoms with Crippen molar-refractivity contribution in [3.05, 3.63) is 78.4 Å². The highest BCUT2D eigenvalue weighted by molar-refractivity contribution is 5.65. The number of H-pyrrole nitrogens is 1. The van der Waals surface area contributed by atoms with Crippen LogP contribution in [0, 0.1) is 12.8 Å². The molecule has 0 bridgehead atoms. The summed E-state index contributed by atoms with van der Waals surface area (Å²) in [6.07, 6.45) is 13.4. The number of hydrogen-bond acceptors (Lipinski definition) is 2. The lowest BCUT2D eigenvalue weighted by Crippen LogP contribution is -2.25. The van der Waals surface area contributed by atoms with Crippen LogP contribution in [0.2, 0.25) is 0 Å². The standard InChI is InChI=1S/C14H19NO.C10H10N2/c16-11-15-10-12-6-8-14(9-7-12)13-4-2-1-3-5-13;1-8-5-12-7-10(8)9-3-2-4-11-6-9/h1-5,11-12,14H,6-10H2,(H,15,16);2-7,12H,1H3. The van der Waals surface area contributed by atoms with Gasteiger partial charge in [0.2, 0.25) is 6.41 Å². The number of carbonyl (C=O) groups is 1. The Hall–Kier alpha value is -2.88. The molecule has 28 heavy (non-hydrogen) atoms. The summed E-state index contributed by atoms with van der Waals surface area (Å²) in [5, 5.41) is 2.79. The predicted octanol–water partition coefficient (Wildman–Crippen LogP) is 5.09. The van der Waals surface area contributed by atoms with Crippen LogP contribution in [-0.2, 0) is 4.79 Å². The number of aromatic nitrogens is 2. The van der Waals surface area contributed by atoms with Gasteiger partial charge >= 0.3 is 0 Å². The Morgan fingerprint density at radius 2 is 1.86 bits per heavy atom. The molecule has 4 nitrogen and oxygen atoms in total. The summed E-state index contributed by atoms with van der Waals surface area (Å²) in [6, 6.07) is 14.8. The first-order valence-corrected chi connectivity index (χ1v) is 10.0. The van der Waals surface area contributed by atoms with Crippen molar-refractivity contribution in [3.63, 3.8) is 0 Å². The summed E-state index contributed by atoms with van der Waals surface area (Å²) in [4.78, 5) is 17.4. The first-order chi connectivity index (χ1) is 13.8. The summed E-state index contributed by atoms with van der Waals surface area (Å²) < 4.78 is 0. The molecule has 0 spiro atoms. The third kappa shape index (κ3) is 5.56. The summed E-state index contributed by atoms with van der Waals surface area (Å²) in [7, 11) is 0. The van der Waals surface area contributed by atoms with Gasteiger partial charge in [0.25, 0.3) is 0 Å². The zero-order valence-electron chi connectivity index (χ0n) is 16.5. The molecule has 2 aromatic heterocycles. The van der Waals surface area contributed by atoms with Gasteiger partial charge in [0.1, 0.15) is 0 Å². The molecule has 1 aliphatic rings. The lowest BCUT2D eigenvalue weighted by atomic mass is 9.79. The van der Waals surface area contributed by atoms with E-state index in [2.05, 4.69) is 58.6 Å². The molecule has 0 radical (unpaired) electrons. The molecule has 1 aliphatic carbocycles. The minimum Gasteiger partial charge on any atom is -0.367 e. The Kier molecular flexibility index (Phi) is 7.42. The number of rotatable bonds is 5. The molecule has 0 aliphatic heterocycles. The quantitative estimate of drug-likeness (QED) is 0.610. The molecule has 4 rings (SSSR count). The molecule has 1 aromatic carbocycles. The van der Waals surface area contributed by atoms with Crippen LogP contribution in [0.1, 0.15) is 42.7 Å². The van der Waals surface area contributed by atoms with Crippen molar-refractivity contribution in [2.45, 2.75) is 38.5 Å². The second-order valence-electron chi connectivity index (χ2n) is 7.45. The zero-order chi connectivity index (χ0) is 19.6. The van der Waals surface area contributed by atoms with Crippen molar-refractivity contribution in [1.29, 1.82) is 0 Å². The fourth-order valence-corrected chi connectivity index (χ4v) is 3.91. The Balaban J connectivity index is 0.000000167. The van der Waals surface area contributed by atoms with Gasteiger partial charge in [-0.2, -0.15) is 0 Å². The van der Waals surface area contributed by atoms with Crippen LogP contribution in [0.4, 0.5) is 0 Å². The molecule has 0 atom stereocenters. The largest absolute Gasteiger partial charge is 0.367 e. The first-order valence-electron chi connectivity index (χ1n) is 10.0. The van der Waals surface area contributed by atoms with Crippen molar-refractivity contribution in [2.75, 3.05) is 6.54 Å². The van der Waals surface area contributed by atoms with Crippen molar-refractivity contribution in [1.82, 2.24) is 15.3 Å². The Morgan fingerprint density at radius 1 is 1.07 bits per heavy atom. The molecular weight excluding hydrogens is 346 g/mol. The van der Waals surface area contributed by atoms with E-state index in [9.17, 15) is 4.79 Å². The Bertz CT molecular complexity index is 821. The second kappa shape index (κ2) is 10.5. The maximum atomic E-state index is 10.2. The van der Waals surface area contributed by atoms with E-state index < -0.39 is 0 Å². The Labute approximate surface area is 167 Å². The van der Waals surface area contributed by atoms with Crippen LogP contribution in [-0.4, -0.2) is 22.9 Å². The van der Waals surface area contributed by atoms with Gasteiger partial charge in [0.15, 0.2) is 0 Å². The van der Waals surface area contributed by atoms with E-state index in [1.165, 1.54) is 42.4 Å². The number of pyridine rings is 1. The zero-order valence-corrected chi connectivity index (χ0v) is 16.5. The van der Waals surface area contributed by atoms with Crippen LogP contribution in [0.3, 0.4) is 0 Å². The summed E-state index contributed by atoms with van der Waals surface area (Å²) >= 11 is 0. The number of amides is 1.